The summed E-state index contributed by atoms with van der Waals surface area (Å²) in [5, 5.41) is 0. The van der Waals surface area contributed by atoms with Gasteiger partial charge in [0.2, 0.25) is 0 Å². The van der Waals surface area contributed by atoms with Crippen LogP contribution in [0.25, 0.3) is 0 Å². The summed E-state index contributed by atoms with van der Waals surface area (Å²) < 4.78 is 4.80. The average Bonchev–Trinajstić information content (AvgIpc) is 1.57. The monoisotopic (exact) mass is 250 g/mol. The Morgan fingerprint density at radius 3 is 1.64 bits per heavy atom. The van der Waals surface area contributed by atoms with E-state index in [0.29, 0.717) is 0 Å². The normalized spacial score (nSPS) is 8.91. The molecule has 0 aromatic heterocycles. The first-order valence-electron chi connectivity index (χ1n) is 3.15. The molecule has 0 unspecified atom stereocenters. The summed E-state index contributed by atoms with van der Waals surface area (Å²) in [5.41, 5.74) is -0.328. The molecular formula is C6H12Cl2O2Zn. The van der Waals surface area contributed by atoms with E-state index in [4.69, 9.17) is 24.1 Å². The van der Waals surface area contributed by atoms with Crippen LogP contribution >= 0.6 is 19.4 Å². The van der Waals surface area contributed by atoms with Gasteiger partial charge >= 0.3 is 40.5 Å². The Labute approximate surface area is 83.3 Å². The van der Waals surface area contributed by atoms with Gasteiger partial charge < -0.3 is 4.74 Å². The summed E-state index contributed by atoms with van der Waals surface area (Å²) in [7, 11) is 9.90. The van der Waals surface area contributed by atoms with E-state index < -0.39 is 15.1 Å². The van der Waals surface area contributed by atoms with Crippen molar-refractivity contribution in [1.82, 2.24) is 0 Å². The first kappa shape index (κ1) is 14.2. The fourth-order valence-corrected chi connectivity index (χ4v) is 0.431. The van der Waals surface area contributed by atoms with Crippen molar-refractivity contribution in [3.8, 4) is 0 Å². The first-order chi connectivity index (χ1) is 4.83. The zero-order valence-corrected chi connectivity index (χ0v) is 11.8. The maximum absolute atomic E-state index is 10.2. The van der Waals surface area contributed by atoms with Gasteiger partial charge in [-0.1, -0.05) is 0 Å². The standard InChI is InChI=1S/C6H12O2.2ClH.Zn/c1-5(7)8-6(2,3)4;;;/h1-4H3;2*1H;/q;;;+2/p-2. The van der Waals surface area contributed by atoms with Crippen molar-refractivity contribution in [2.45, 2.75) is 33.3 Å². The molecule has 0 rings (SSSR count). The van der Waals surface area contributed by atoms with E-state index in [-0.39, 0.29) is 11.6 Å². The molecule has 0 aromatic rings. The van der Waals surface area contributed by atoms with E-state index in [9.17, 15) is 4.79 Å². The van der Waals surface area contributed by atoms with Crippen LogP contribution in [0.4, 0.5) is 0 Å². The number of hydrogen-bond donors (Lipinski definition) is 0. The van der Waals surface area contributed by atoms with Gasteiger partial charge in [0.05, 0.1) is 0 Å². The van der Waals surface area contributed by atoms with Gasteiger partial charge in [-0.2, -0.15) is 0 Å². The summed E-state index contributed by atoms with van der Waals surface area (Å²) in [5.74, 6) is -0.225. The predicted octanol–water partition coefficient (Wildman–Crippen LogP) is 2.72. The Kier molecular flexibility index (Phi) is 9.47. The fraction of sp³-hybridized carbons (Fsp3) is 0.833. The van der Waals surface area contributed by atoms with Gasteiger partial charge in [0.15, 0.2) is 0 Å². The Bertz CT molecular complexity index is 112. The Hall–Kier alpha value is 0.673. The molecule has 0 aliphatic rings. The van der Waals surface area contributed by atoms with Crippen molar-refractivity contribution in [2.75, 3.05) is 0 Å². The molecule has 0 spiro atoms. The van der Waals surface area contributed by atoms with E-state index >= 15 is 0 Å². The van der Waals surface area contributed by atoms with Crippen LogP contribution in [0.3, 0.4) is 0 Å². The van der Waals surface area contributed by atoms with Gasteiger partial charge in [0.25, 0.3) is 0 Å². The van der Waals surface area contributed by atoms with Crippen molar-refractivity contribution in [2.24, 2.45) is 0 Å². The second kappa shape index (κ2) is 7.33. The number of ether oxygens (including phenoxy) is 1. The minimum atomic E-state index is -0.931. The molecule has 5 heteroatoms. The van der Waals surface area contributed by atoms with E-state index in [2.05, 4.69) is 0 Å². The van der Waals surface area contributed by atoms with E-state index in [1.165, 1.54) is 6.92 Å². The molecule has 0 bridgehead atoms. The Morgan fingerprint density at radius 2 is 1.64 bits per heavy atom. The molecule has 0 aromatic carbocycles. The third kappa shape index (κ3) is 24.9. The van der Waals surface area contributed by atoms with Gasteiger partial charge in [-0.15, -0.1) is 0 Å². The Balaban J connectivity index is 0. The summed E-state index contributed by atoms with van der Waals surface area (Å²) in [6, 6.07) is 0. The molecule has 64 valence electrons. The first-order valence-corrected chi connectivity index (χ1v) is 10.9. The fourth-order valence-electron chi connectivity index (χ4n) is 0.431. The predicted molar refractivity (Wildman–Crippen MR) is 43.2 cm³/mol. The van der Waals surface area contributed by atoms with Crippen LogP contribution < -0.4 is 0 Å². The summed E-state index contributed by atoms with van der Waals surface area (Å²) in [6.45, 7) is 6.93. The van der Waals surface area contributed by atoms with Crippen molar-refractivity contribution >= 4 is 25.4 Å². The molecule has 0 atom stereocenters. The topological polar surface area (TPSA) is 26.3 Å². The second-order valence-electron chi connectivity index (χ2n) is 2.81. The van der Waals surface area contributed by atoms with Gasteiger partial charge in [-0.05, 0) is 20.8 Å². The van der Waals surface area contributed by atoms with Crippen LogP contribution in [0.15, 0.2) is 0 Å². The van der Waals surface area contributed by atoms with Crippen molar-refractivity contribution in [3.05, 3.63) is 0 Å². The molecule has 2 nitrogen and oxygen atoms in total. The molecule has 0 aliphatic carbocycles. The number of carbonyl (C=O) groups is 1. The molecule has 0 saturated heterocycles. The Morgan fingerprint density at radius 1 is 1.36 bits per heavy atom. The van der Waals surface area contributed by atoms with Crippen LogP contribution in [-0.2, 0) is 24.7 Å². The van der Waals surface area contributed by atoms with Crippen LogP contribution in [0, 0.1) is 0 Å². The number of carbonyl (C=O) groups excluding carboxylic acids is 1. The number of rotatable bonds is 0. The molecule has 11 heavy (non-hydrogen) atoms. The molecule has 0 radical (unpaired) electrons. The van der Waals surface area contributed by atoms with E-state index in [0.717, 1.165) is 0 Å². The van der Waals surface area contributed by atoms with Gasteiger partial charge in [-0.25, -0.2) is 0 Å². The van der Waals surface area contributed by atoms with Crippen LogP contribution in [0.5, 0.6) is 0 Å². The quantitative estimate of drug-likeness (QED) is 0.489. The van der Waals surface area contributed by atoms with Gasteiger partial charge in [0.1, 0.15) is 5.60 Å². The molecular weight excluding hydrogens is 240 g/mol. The van der Waals surface area contributed by atoms with Crippen LogP contribution in [0.2, 0.25) is 0 Å². The molecule has 0 N–H and O–H groups in total. The number of esters is 1. The summed E-state index contributed by atoms with van der Waals surface area (Å²) in [6.07, 6.45) is 0. The van der Waals surface area contributed by atoms with Gasteiger partial charge in [0, 0.05) is 6.92 Å². The van der Waals surface area contributed by atoms with Crippen molar-refractivity contribution in [1.29, 1.82) is 0 Å². The maximum atomic E-state index is 10.2. The van der Waals surface area contributed by atoms with E-state index in [1.807, 2.05) is 20.8 Å². The molecule has 0 aliphatic heterocycles. The minimum absolute atomic E-state index is 0.225. The second-order valence-corrected chi connectivity index (χ2v) is 7.43. The zero-order chi connectivity index (χ0) is 9.49. The number of halogens is 2. The van der Waals surface area contributed by atoms with Crippen LogP contribution in [-0.4, -0.2) is 11.6 Å². The van der Waals surface area contributed by atoms with Gasteiger partial charge in [-0.3, -0.25) is 4.79 Å². The van der Waals surface area contributed by atoms with Crippen molar-refractivity contribution < 1.29 is 24.7 Å². The molecule has 0 amide bonds. The summed E-state index contributed by atoms with van der Waals surface area (Å²) >= 11 is -0.931. The third-order valence-electron chi connectivity index (χ3n) is 0.450. The molecule has 0 fully saturated rings. The SMILES string of the molecule is CC(=O)OC(C)(C)C.[Cl][Zn][Cl]. The molecule has 0 saturated carbocycles. The van der Waals surface area contributed by atoms with Crippen LogP contribution in [0.1, 0.15) is 27.7 Å². The molecule has 0 heterocycles. The average molecular weight is 252 g/mol. The summed E-state index contributed by atoms with van der Waals surface area (Å²) in [4.78, 5) is 10.2. The number of hydrogen-bond acceptors (Lipinski definition) is 2. The van der Waals surface area contributed by atoms with E-state index in [1.54, 1.807) is 0 Å². The zero-order valence-electron chi connectivity index (χ0n) is 7.28. The van der Waals surface area contributed by atoms with Crippen molar-refractivity contribution in [3.63, 3.8) is 0 Å². The third-order valence-corrected chi connectivity index (χ3v) is 0.450.